The zero-order valence-electron chi connectivity index (χ0n) is 17.9. The van der Waals surface area contributed by atoms with Crippen molar-refractivity contribution in [2.24, 2.45) is 0 Å². The minimum absolute atomic E-state index is 0.0828. The fourth-order valence-corrected chi connectivity index (χ4v) is 4.05. The van der Waals surface area contributed by atoms with Crippen LogP contribution < -0.4 is 14.4 Å². The van der Waals surface area contributed by atoms with Crippen LogP contribution in [0.1, 0.15) is 36.6 Å². The second-order valence-corrected chi connectivity index (χ2v) is 7.75. The largest absolute Gasteiger partial charge is 0.481 e. The molecule has 0 radical (unpaired) electrons. The van der Waals surface area contributed by atoms with Crippen LogP contribution in [0.4, 0.5) is 18.9 Å². The van der Waals surface area contributed by atoms with E-state index in [0.717, 1.165) is 24.4 Å². The molecule has 172 valence electrons. The van der Waals surface area contributed by atoms with Gasteiger partial charge in [0.15, 0.2) is 0 Å². The van der Waals surface area contributed by atoms with Crippen molar-refractivity contribution >= 4 is 11.6 Å². The minimum atomic E-state index is -4.58. The molecule has 4 heterocycles. The molecule has 0 unspecified atom stereocenters. The summed E-state index contributed by atoms with van der Waals surface area (Å²) in [4.78, 5) is 27.9. The Morgan fingerprint density at radius 3 is 2.75 bits per heavy atom. The molecular weight excluding hydrogens is 427 g/mol. The van der Waals surface area contributed by atoms with E-state index in [1.807, 2.05) is 6.92 Å². The number of amides is 1. The first-order valence-corrected chi connectivity index (χ1v) is 10.4. The van der Waals surface area contributed by atoms with Crippen LogP contribution in [-0.4, -0.2) is 58.6 Å². The van der Waals surface area contributed by atoms with Crippen molar-refractivity contribution < 1.29 is 27.4 Å². The van der Waals surface area contributed by atoms with E-state index in [2.05, 4.69) is 15.0 Å². The molecule has 2 aliphatic heterocycles. The standard InChI is InChI=1S/C21H24F3N5O3/c1-3-18(30)29-6-4-14(10-29)32-19-15-11-28(7-5-17(15)26-12-27-19)13-8-16(21(22,23)24)20(31-2)25-9-13/h8-9,12,14H,3-7,10-11H2,1-2H3/t14-/m0/s1. The summed E-state index contributed by atoms with van der Waals surface area (Å²) in [5.74, 6) is 0.0332. The number of fused-ring (bicyclic) bond motifs is 1. The monoisotopic (exact) mass is 451 g/mol. The molecule has 4 rings (SSSR count). The first kappa shape index (κ1) is 22.1. The maximum atomic E-state index is 13.4. The lowest BCUT2D eigenvalue weighted by Gasteiger charge is -2.31. The van der Waals surface area contributed by atoms with Crippen molar-refractivity contribution in [1.29, 1.82) is 0 Å². The average Bonchev–Trinajstić information content (AvgIpc) is 3.26. The van der Waals surface area contributed by atoms with Crippen LogP contribution in [0.5, 0.6) is 11.8 Å². The topological polar surface area (TPSA) is 80.7 Å². The van der Waals surface area contributed by atoms with Crippen molar-refractivity contribution in [3.8, 4) is 11.8 Å². The Bertz CT molecular complexity index is 1000. The van der Waals surface area contributed by atoms with Gasteiger partial charge in [0.25, 0.3) is 0 Å². The molecular formula is C21H24F3N5O3. The zero-order chi connectivity index (χ0) is 22.9. The van der Waals surface area contributed by atoms with E-state index >= 15 is 0 Å². The number of carbonyl (C=O) groups is 1. The lowest BCUT2D eigenvalue weighted by atomic mass is 10.1. The number of rotatable bonds is 5. The van der Waals surface area contributed by atoms with Gasteiger partial charge in [-0.2, -0.15) is 13.2 Å². The van der Waals surface area contributed by atoms with Gasteiger partial charge < -0.3 is 19.3 Å². The smallest absolute Gasteiger partial charge is 0.421 e. The number of ether oxygens (including phenoxy) is 2. The van der Waals surface area contributed by atoms with E-state index in [1.54, 1.807) is 9.80 Å². The van der Waals surface area contributed by atoms with Crippen LogP contribution in [0.3, 0.4) is 0 Å². The van der Waals surface area contributed by atoms with Crippen LogP contribution in [-0.2, 0) is 23.9 Å². The number of aromatic nitrogens is 3. The third-order valence-corrected chi connectivity index (χ3v) is 5.74. The highest BCUT2D eigenvalue weighted by Crippen LogP contribution is 2.38. The van der Waals surface area contributed by atoms with Gasteiger partial charge in [0, 0.05) is 32.4 Å². The molecule has 1 atom stereocenters. The number of pyridine rings is 1. The van der Waals surface area contributed by atoms with Gasteiger partial charge in [0.1, 0.15) is 18.0 Å². The summed E-state index contributed by atoms with van der Waals surface area (Å²) in [6.07, 6.45) is -0.277. The number of halogens is 3. The molecule has 1 fully saturated rings. The summed E-state index contributed by atoms with van der Waals surface area (Å²) in [5.41, 5.74) is 0.960. The van der Waals surface area contributed by atoms with E-state index in [4.69, 9.17) is 9.47 Å². The van der Waals surface area contributed by atoms with Gasteiger partial charge in [0.05, 0.1) is 43.3 Å². The predicted octanol–water partition coefficient (Wildman–Crippen LogP) is 2.85. The minimum Gasteiger partial charge on any atom is -0.481 e. The number of methoxy groups -OCH3 is 1. The van der Waals surface area contributed by atoms with Crippen LogP contribution >= 0.6 is 0 Å². The highest BCUT2D eigenvalue weighted by Gasteiger charge is 2.36. The van der Waals surface area contributed by atoms with Crippen molar-refractivity contribution in [1.82, 2.24) is 19.9 Å². The first-order chi connectivity index (χ1) is 15.3. The molecule has 11 heteroatoms. The van der Waals surface area contributed by atoms with Gasteiger partial charge in [-0.15, -0.1) is 0 Å². The van der Waals surface area contributed by atoms with Crippen molar-refractivity contribution in [3.05, 3.63) is 35.4 Å². The molecule has 0 aliphatic carbocycles. The molecule has 0 spiro atoms. The van der Waals surface area contributed by atoms with Gasteiger partial charge in [0.2, 0.25) is 17.7 Å². The van der Waals surface area contributed by atoms with Crippen molar-refractivity contribution in [2.75, 3.05) is 31.6 Å². The van der Waals surface area contributed by atoms with Crippen LogP contribution in [0.2, 0.25) is 0 Å². The predicted molar refractivity (Wildman–Crippen MR) is 108 cm³/mol. The summed E-state index contributed by atoms with van der Waals surface area (Å²) in [7, 11) is 1.16. The fourth-order valence-electron chi connectivity index (χ4n) is 4.05. The normalized spacial score (nSPS) is 18.5. The third kappa shape index (κ3) is 4.42. The van der Waals surface area contributed by atoms with Crippen LogP contribution in [0.15, 0.2) is 18.6 Å². The summed E-state index contributed by atoms with van der Waals surface area (Å²) in [6.45, 7) is 3.73. The SMILES string of the molecule is CCC(=O)N1CC[C@H](Oc2ncnc3c2CN(c2cnc(OC)c(C(F)(F)F)c2)CC3)C1. The van der Waals surface area contributed by atoms with E-state index in [0.29, 0.717) is 57.0 Å². The van der Waals surface area contributed by atoms with Gasteiger partial charge in [-0.25, -0.2) is 15.0 Å². The van der Waals surface area contributed by atoms with E-state index in [-0.39, 0.29) is 12.0 Å². The van der Waals surface area contributed by atoms with Crippen molar-refractivity contribution in [3.63, 3.8) is 0 Å². The highest BCUT2D eigenvalue weighted by molar-refractivity contribution is 5.76. The number of carbonyl (C=O) groups excluding carboxylic acids is 1. The third-order valence-electron chi connectivity index (χ3n) is 5.74. The molecule has 1 saturated heterocycles. The molecule has 0 bridgehead atoms. The summed E-state index contributed by atoms with van der Waals surface area (Å²) in [5, 5.41) is 0. The Morgan fingerprint density at radius 2 is 2.03 bits per heavy atom. The molecule has 2 aromatic rings. The van der Waals surface area contributed by atoms with Gasteiger partial charge >= 0.3 is 6.18 Å². The number of nitrogens with zero attached hydrogens (tertiary/aromatic N) is 5. The Morgan fingerprint density at radius 1 is 1.22 bits per heavy atom. The van der Waals surface area contributed by atoms with E-state index < -0.39 is 17.6 Å². The lowest BCUT2D eigenvalue weighted by Crippen LogP contribution is -2.33. The second kappa shape index (κ2) is 8.79. The number of hydrogen-bond acceptors (Lipinski definition) is 7. The number of likely N-dealkylation sites (tertiary alicyclic amines) is 1. The molecule has 2 aromatic heterocycles. The van der Waals surface area contributed by atoms with Crippen LogP contribution in [0.25, 0.3) is 0 Å². The van der Waals surface area contributed by atoms with Crippen molar-refractivity contribution in [2.45, 2.75) is 45.0 Å². The number of anilines is 1. The Labute approximate surface area is 183 Å². The molecule has 0 saturated carbocycles. The van der Waals surface area contributed by atoms with E-state index in [9.17, 15) is 18.0 Å². The van der Waals surface area contributed by atoms with Crippen LogP contribution in [0, 0.1) is 0 Å². The maximum absolute atomic E-state index is 13.4. The average molecular weight is 451 g/mol. The highest BCUT2D eigenvalue weighted by atomic mass is 19.4. The number of alkyl halides is 3. The zero-order valence-corrected chi connectivity index (χ0v) is 17.9. The van der Waals surface area contributed by atoms with Gasteiger partial charge in [-0.3, -0.25) is 4.79 Å². The summed E-state index contributed by atoms with van der Waals surface area (Å²) >= 11 is 0. The fraction of sp³-hybridized carbons (Fsp3) is 0.524. The first-order valence-electron chi connectivity index (χ1n) is 10.4. The lowest BCUT2D eigenvalue weighted by molar-refractivity contribution is -0.139. The quantitative estimate of drug-likeness (QED) is 0.692. The second-order valence-electron chi connectivity index (χ2n) is 7.75. The number of hydrogen-bond donors (Lipinski definition) is 0. The summed E-state index contributed by atoms with van der Waals surface area (Å²) < 4.78 is 51.2. The Kier molecular flexibility index (Phi) is 6.07. The molecule has 8 nitrogen and oxygen atoms in total. The molecule has 2 aliphatic rings. The Balaban J connectivity index is 1.55. The van der Waals surface area contributed by atoms with E-state index in [1.165, 1.54) is 12.5 Å². The maximum Gasteiger partial charge on any atom is 0.421 e. The Hall–Kier alpha value is -3.11. The molecule has 32 heavy (non-hydrogen) atoms. The summed E-state index contributed by atoms with van der Waals surface area (Å²) in [6, 6.07) is 1.05. The van der Waals surface area contributed by atoms with Gasteiger partial charge in [-0.05, 0) is 6.07 Å². The molecule has 0 aromatic carbocycles. The molecule has 0 N–H and O–H groups in total. The van der Waals surface area contributed by atoms with Gasteiger partial charge in [-0.1, -0.05) is 6.92 Å². The molecule has 1 amide bonds.